The highest BCUT2D eigenvalue weighted by Crippen LogP contribution is 2.27. The lowest BCUT2D eigenvalue weighted by Crippen LogP contribution is -2.26. The molecule has 3 amide bonds. The zero-order valence-corrected chi connectivity index (χ0v) is 17.2. The van der Waals surface area contributed by atoms with Crippen LogP contribution in [-0.2, 0) is 5.41 Å². The highest BCUT2D eigenvalue weighted by molar-refractivity contribution is 6.05. The number of primary amides is 1. The Morgan fingerprint density at radius 3 is 2.43 bits per heavy atom. The summed E-state index contributed by atoms with van der Waals surface area (Å²) in [5, 5.41) is 6.46. The van der Waals surface area contributed by atoms with Crippen molar-refractivity contribution >= 4 is 23.4 Å². The predicted molar refractivity (Wildman–Crippen MR) is 112 cm³/mol. The van der Waals surface area contributed by atoms with Crippen LogP contribution < -0.4 is 20.7 Å². The molecular formula is C21H23N5O4. The number of rotatable bonds is 5. The molecule has 3 aromatic rings. The molecule has 9 heteroatoms. The Labute approximate surface area is 173 Å². The second-order valence-corrected chi connectivity index (χ2v) is 7.66. The maximum atomic E-state index is 12.9. The Kier molecular flexibility index (Phi) is 5.72. The van der Waals surface area contributed by atoms with E-state index in [9.17, 15) is 9.59 Å². The predicted octanol–water partition coefficient (Wildman–Crippen LogP) is 3.93. The summed E-state index contributed by atoms with van der Waals surface area (Å²) < 4.78 is 11.1. The third-order valence-corrected chi connectivity index (χ3v) is 4.21. The average molecular weight is 409 g/mol. The summed E-state index contributed by atoms with van der Waals surface area (Å²) >= 11 is 0. The molecule has 2 aromatic heterocycles. The normalized spacial score (nSPS) is 11.1. The minimum Gasteiger partial charge on any atom is -0.439 e. The summed E-state index contributed by atoms with van der Waals surface area (Å²) in [6, 6.07) is 10.8. The van der Waals surface area contributed by atoms with E-state index in [1.165, 1.54) is 11.1 Å². The van der Waals surface area contributed by atoms with Crippen molar-refractivity contribution < 1.29 is 18.8 Å². The first-order chi connectivity index (χ1) is 14.1. The van der Waals surface area contributed by atoms with Crippen LogP contribution in [0.4, 0.5) is 16.3 Å². The van der Waals surface area contributed by atoms with E-state index in [0.29, 0.717) is 28.6 Å². The smallest absolute Gasteiger partial charge is 0.316 e. The van der Waals surface area contributed by atoms with Crippen molar-refractivity contribution in [3.05, 3.63) is 60.0 Å². The summed E-state index contributed by atoms with van der Waals surface area (Å²) in [6.45, 7) is 6.01. The van der Waals surface area contributed by atoms with Crippen LogP contribution in [0.5, 0.6) is 11.6 Å². The lowest BCUT2D eigenvalue weighted by Gasteiger charge is -2.15. The summed E-state index contributed by atoms with van der Waals surface area (Å²) in [5.74, 6) is 1.56. The molecule has 0 saturated carbocycles. The van der Waals surface area contributed by atoms with Crippen LogP contribution in [0.25, 0.3) is 0 Å². The van der Waals surface area contributed by atoms with Crippen LogP contribution >= 0.6 is 0 Å². The molecule has 0 bridgehead atoms. The van der Waals surface area contributed by atoms with Gasteiger partial charge in [-0.1, -0.05) is 25.9 Å². The fourth-order valence-corrected chi connectivity index (χ4v) is 2.54. The van der Waals surface area contributed by atoms with Crippen molar-refractivity contribution in [3.8, 4) is 11.6 Å². The molecule has 30 heavy (non-hydrogen) atoms. The SMILES string of the molecule is CN(C(=O)c1ccnc(Oc2ccc(NC(N)=O)cc2)c1)c1cc(C(C)(C)C)on1. The van der Waals surface area contributed by atoms with Gasteiger partial charge in [0.15, 0.2) is 5.82 Å². The highest BCUT2D eigenvalue weighted by Gasteiger charge is 2.23. The summed E-state index contributed by atoms with van der Waals surface area (Å²) in [7, 11) is 1.62. The number of urea groups is 1. The number of carbonyl (C=O) groups excluding carboxylic acids is 2. The molecule has 0 spiro atoms. The molecule has 1 aromatic carbocycles. The molecule has 2 heterocycles. The van der Waals surface area contributed by atoms with E-state index in [0.717, 1.165) is 0 Å². The second kappa shape index (κ2) is 8.24. The number of nitrogens with zero attached hydrogens (tertiary/aromatic N) is 3. The lowest BCUT2D eigenvalue weighted by atomic mass is 9.93. The summed E-state index contributed by atoms with van der Waals surface area (Å²) in [6.07, 6.45) is 1.49. The molecule has 0 atom stereocenters. The molecule has 0 aliphatic carbocycles. The molecule has 0 radical (unpaired) electrons. The van der Waals surface area contributed by atoms with Gasteiger partial charge in [-0.2, -0.15) is 0 Å². The Bertz CT molecular complexity index is 1050. The van der Waals surface area contributed by atoms with Gasteiger partial charge in [0.1, 0.15) is 11.5 Å². The minimum atomic E-state index is -0.651. The fraction of sp³-hybridized carbons (Fsp3) is 0.238. The number of nitrogens with two attached hydrogens (primary N) is 1. The van der Waals surface area contributed by atoms with Gasteiger partial charge in [0.2, 0.25) is 5.88 Å². The largest absolute Gasteiger partial charge is 0.439 e. The third kappa shape index (κ3) is 4.93. The number of nitrogens with one attached hydrogen (secondary N) is 1. The number of pyridine rings is 1. The van der Waals surface area contributed by atoms with E-state index in [2.05, 4.69) is 15.5 Å². The molecule has 0 aliphatic rings. The third-order valence-electron chi connectivity index (χ3n) is 4.21. The van der Waals surface area contributed by atoms with Gasteiger partial charge in [0.25, 0.3) is 5.91 Å². The summed E-state index contributed by atoms with van der Waals surface area (Å²) in [5.41, 5.74) is 5.79. The number of hydrogen-bond donors (Lipinski definition) is 2. The number of hydrogen-bond acceptors (Lipinski definition) is 6. The maximum absolute atomic E-state index is 12.9. The van der Waals surface area contributed by atoms with E-state index >= 15 is 0 Å². The first kappa shape index (κ1) is 20.8. The van der Waals surface area contributed by atoms with Crippen molar-refractivity contribution in [2.75, 3.05) is 17.3 Å². The van der Waals surface area contributed by atoms with Gasteiger partial charge in [0, 0.05) is 42.0 Å². The molecule has 3 rings (SSSR count). The van der Waals surface area contributed by atoms with Gasteiger partial charge in [-0.3, -0.25) is 9.69 Å². The van der Waals surface area contributed by atoms with Crippen molar-refractivity contribution in [3.63, 3.8) is 0 Å². The highest BCUT2D eigenvalue weighted by atomic mass is 16.5. The van der Waals surface area contributed by atoms with Crippen LogP contribution in [0.2, 0.25) is 0 Å². The number of carbonyl (C=O) groups is 2. The topological polar surface area (TPSA) is 124 Å². The van der Waals surface area contributed by atoms with Crippen LogP contribution in [0.1, 0.15) is 36.9 Å². The van der Waals surface area contributed by atoms with Gasteiger partial charge in [-0.05, 0) is 30.3 Å². The maximum Gasteiger partial charge on any atom is 0.316 e. The molecule has 0 unspecified atom stereocenters. The lowest BCUT2D eigenvalue weighted by molar-refractivity contribution is 0.0991. The Morgan fingerprint density at radius 1 is 1.13 bits per heavy atom. The van der Waals surface area contributed by atoms with Crippen LogP contribution in [0, 0.1) is 0 Å². The average Bonchev–Trinajstić information content (AvgIpc) is 3.19. The number of amides is 3. The molecular weight excluding hydrogens is 386 g/mol. The van der Waals surface area contributed by atoms with Crippen LogP contribution in [0.3, 0.4) is 0 Å². The standard InChI is InChI=1S/C21H23N5O4/c1-21(2,3)16-12-17(25-30-16)26(4)19(27)13-9-10-23-18(11-13)29-15-7-5-14(6-8-15)24-20(22)28/h5-12H,1-4H3,(H3,22,24,28). The second-order valence-electron chi connectivity index (χ2n) is 7.66. The number of benzene rings is 1. The minimum absolute atomic E-state index is 0.213. The number of ether oxygens (including phenoxy) is 1. The van der Waals surface area contributed by atoms with E-state index in [-0.39, 0.29) is 17.2 Å². The van der Waals surface area contributed by atoms with Crippen molar-refractivity contribution in [2.24, 2.45) is 5.73 Å². The Balaban J connectivity index is 1.73. The molecule has 156 valence electrons. The number of aromatic nitrogens is 2. The van der Waals surface area contributed by atoms with E-state index < -0.39 is 6.03 Å². The van der Waals surface area contributed by atoms with E-state index in [1.54, 1.807) is 49.5 Å². The Morgan fingerprint density at radius 2 is 1.83 bits per heavy atom. The molecule has 3 N–H and O–H groups in total. The number of anilines is 2. The molecule has 9 nitrogen and oxygen atoms in total. The van der Waals surface area contributed by atoms with Gasteiger partial charge >= 0.3 is 6.03 Å². The van der Waals surface area contributed by atoms with Gasteiger partial charge in [-0.15, -0.1) is 0 Å². The van der Waals surface area contributed by atoms with Gasteiger partial charge in [0.05, 0.1) is 0 Å². The molecule has 0 saturated heterocycles. The molecule has 0 aliphatic heterocycles. The quantitative estimate of drug-likeness (QED) is 0.658. The first-order valence-electron chi connectivity index (χ1n) is 9.19. The van der Waals surface area contributed by atoms with Crippen LogP contribution in [0.15, 0.2) is 53.2 Å². The van der Waals surface area contributed by atoms with Crippen molar-refractivity contribution in [2.45, 2.75) is 26.2 Å². The zero-order valence-electron chi connectivity index (χ0n) is 17.2. The molecule has 0 fully saturated rings. The van der Waals surface area contributed by atoms with Crippen molar-refractivity contribution in [1.82, 2.24) is 10.1 Å². The van der Waals surface area contributed by atoms with E-state index in [4.69, 9.17) is 15.0 Å². The zero-order chi connectivity index (χ0) is 21.9. The monoisotopic (exact) mass is 409 g/mol. The van der Waals surface area contributed by atoms with Gasteiger partial charge in [-0.25, -0.2) is 9.78 Å². The van der Waals surface area contributed by atoms with Crippen LogP contribution in [-0.4, -0.2) is 29.1 Å². The summed E-state index contributed by atoms with van der Waals surface area (Å²) in [4.78, 5) is 29.3. The van der Waals surface area contributed by atoms with Gasteiger partial charge < -0.3 is 20.3 Å². The first-order valence-corrected chi connectivity index (χ1v) is 9.19. The van der Waals surface area contributed by atoms with E-state index in [1.807, 2.05) is 20.8 Å². The van der Waals surface area contributed by atoms with Crippen molar-refractivity contribution in [1.29, 1.82) is 0 Å². The fourth-order valence-electron chi connectivity index (χ4n) is 2.54. The Hall–Kier alpha value is -3.88.